The molecule has 0 saturated heterocycles. The molecule has 2 aromatic heterocycles. The number of rotatable bonds is 4. The molecule has 0 unspecified atom stereocenters. The highest BCUT2D eigenvalue weighted by atomic mass is 79.9. The van der Waals surface area contributed by atoms with Crippen LogP contribution >= 0.6 is 38.6 Å². The van der Waals surface area contributed by atoms with Crippen LogP contribution in [0.15, 0.2) is 70.8 Å². The molecule has 12 heteroatoms. The molecule has 2 heterocycles. The molecule has 46 heavy (non-hydrogen) atoms. The Morgan fingerprint density at radius 2 is 1.57 bits per heavy atom. The normalized spacial score (nSPS) is 13.5. The Hall–Kier alpha value is -4.49. The van der Waals surface area contributed by atoms with Crippen LogP contribution in [-0.2, 0) is 11.2 Å². The van der Waals surface area contributed by atoms with Gasteiger partial charge in [0.15, 0.2) is 0 Å². The van der Waals surface area contributed by atoms with E-state index >= 15 is 0 Å². The number of nitrogens with one attached hydrogen (secondary N) is 1. The van der Waals surface area contributed by atoms with Crippen LogP contribution < -0.4 is 5.32 Å². The van der Waals surface area contributed by atoms with Gasteiger partial charge in [-0.25, -0.2) is 23.5 Å². The second-order valence-corrected chi connectivity index (χ2v) is 14.7. The Labute approximate surface area is 281 Å². The summed E-state index contributed by atoms with van der Waals surface area (Å²) < 4.78 is 33.0. The van der Waals surface area contributed by atoms with E-state index in [-0.39, 0.29) is 17.2 Å². The molecular weight excluding hydrogens is 692 g/mol. The molecule has 1 N–H and O–H groups in total. The predicted octanol–water partition coefficient (Wildman–Crippen LogP) is 9.58. The number of fused-ring (bicyclic) bond motifs is 1. The van der Waals surface area contributed by atoms with Crippen molar-refractivity contribution in [1.82, 2.24) is 15.3 Å². The molecule has 1 aliphatic rings. The lowest BCUT2D eigenvalue weighted by Gasteiger charge is -2.22. The lowest BCUT2D eigenvalue weighted by Crippen LogP contribution is -2.34. The maximum atomic E-state index is 13.6. The van der Waals surface area contributed by atoms with Crippen LogP contribution in [0.3, 0.4) is 0 Å². The summed E-state index contributed by atoms with van der Waals surface area (Å²) in [4.78, 5) is 21.8. The smallest absolute Gasteiger partial charge is 0.408 e. The lowest BCUT2D eigenvalue weighted by atomic mass is 10.0. The molecule has 0 radical (unpaired) electrons. The van der Waals surface area contributed by atoms with Gasteiger partial charge in [0.05, 0.1) is 32.0 Å². The first kappa shape index (κ1) is 32.9. The number of amides is 1. The Balaban J connectivity index is 0.000000232. The first-order valence-electron chi connectivity index (χ1n) is 14.0. The van der Waals surface area contributed by atoms with Crippen molar-refractivity contribution >= 4 is 44.7 Å². The highest BCUT2D eigenvalue weighted by Crippen LogP contribution is 2.41. The quantitative estimate of drug-likeness (QED) is 0.198. The molecule has 232 valence electrons. The maximum Gasteiger partial charge on any atom is 0.408 e. The highest BCUT2D eigenvalue weighted by molar-refractivity contribution is 9.11. The summed E-state index contributed by atoms with van der Waals surface area (Å²) in [6.07, 6.45) is 4.71. The number of alkyl carbamates (subject to hydrolysis) is 1. The number of benzene rings is 3. The van der Waals surface area contributed by atoms with Crippen LogP contribution in [0.25, 0.3) is 31.6 Å². The van der Waals surface area contributed by atoms with Crippen LogP contribution in [0.5, 0.6) is 0 Å². The van der Waals surface area contributed by atoms with Gasteiger partial charge < -0.3 is 10.1 Å². The Kier molecular flexibility index (Phi) is 9.92. The number of carbonyl (C=O) groups is 1. The van der Waals surface area contributed by atoms with E-state index in [1.165, 1.54) is 52.5 Å². The largest absolute Gasteiger partial charge is 0.444 e. The van der Waals surface area contributed by atoms with Gasteiger partial charge >= 0.3 is 6.09 Å². The third-order valence-electron chi connectivity index (χ3n) is 6.88. The Bertz CT molecular complexity index is 2010. The summed E-state index contributed by atoms with van der Waals surface area (Å²) in [5.41, 5.74) is 4.33. The molecule has 3 aromatic carbocycles. The number of carbonyl (C=O) groups excluding carboxylic acids is 1. The van der Waals surface area contributed by atoms with Gasteiger partial charge in [0.25, 0.3) is 0 Å². The molecule has 0 fully saturated rings. The molecule has 0 aliphatic heterocycles. The zero-order valence-electron chi connectivity index (χ0n) is 24.9. The van der Waals surface area contributed by atoms with Gasteiger partial charge in [-0.15, -0.1) is 22.7 Å². The van der Waals surface area contributed by atoms with E-state index in [2.05, 4.69) is 37.3 Å². The van der Waals surface area contributed by atoms with Gasteiger partial charge in [-0.05, 0) is 103 Å². The third kappa shape index (κ3) is 7.65. The van der Waals surface area contributed by atoms with Gasteiger partial charge in [-0.1, -0.05) is 18.2 Å². The summed E-state index contributed by atoms with van der Waals surface area (Å²) in [6, 6.07) is 18.5. The number of nitriles is 2. The monoisotopic (exact) mass is 717 g/mol. The van der Waals surface area contributed by atoms with Crippen molar-refractivity contribution in [3.63, 3.8) is 0 Å². The number of aromatic nitrogens is 2. The summed E-state index contributed by atoms with van der Waals surface area (Å²) in [5, 5.41) is 22.2. The lowest BCUT2D eigenvalue weighted by molar-refractivity contribution is 0.0503. The van der Waals surface area contributed by atoms with Crippen LogP contribution in [0.4, 0.5) is 13.6 Å². The van der Waals surface area contributed by atoms with E-state index in [1.54, 1.807) is 30.6 Å². The zero-order valence-corrected chi connectivity index (χ0v) is 28.1. The molecule has 5 aromatic rings. The number of hydrogen-bond acceptors (Lipinski definition) is 8. The molecule has 6 rings (SSSR count). The van der Waals surface area contributed by atoms with Crippen LogP contribution in [0.1, 0.15) is 55.5 Å². The first-order valence-corrected chi connectivity index (χ1v) is 16.5. The average molecular weight is 719 g/mol. The molecule has 1 atom stereocenters. The average Bonchev–Trinajstić information content (AvgIpc) is 3.78. The molecular formula is C34H26BrF2N5O2S2. The predicted molar refractivity (Wildman–Crippen MR) is 178 cm³/mol. The minimum absolute atomic E-state index is 0.00547. The SMILES string of the molecule is CC(C)(C)OC(=O)N[C@H]1CCc2c(-c3cnc(-c4ccc(F)c(C#N)c4)s3)cccc21.N#Cc1cc(-c2ncc(Br)s2)ccc1F. The number of ether oxygens (including phenoxy) is 1. The molecule has 0 saturated carbocycles. The Morgan fingerprint density at radius 3 is 2.13 bits per heavy atom. The Morgan fingerprint density at radius 1 is 0.957 bits per heavy atom. The fourth-order valence-corrected chi connectivity index (χ4v) is 7.06. The van der Waals surface area contributed by atoms with E-state index in [4.69, 9.17) is 15.3 Å². The number of nitrogens with zero attached hydrogens (tertiary/aromatic N) is 4. The summed E-state index contributed by atoms with van der Waals surface area (Å²) in [7, 11) is 0. The van der Waals surface area contributed by atoms with Crippen LogP contribution in [-0.4, -0.2) is 21.7 Å². The fraction of sp³-hybridized carbons (Fsp3) is 0.206. The van der Waals surface area contributed by atoms with Crippen LogP contribution in [0.2, 0.25) is 0 Å². The molecule has 0 bridgehead atoms. The second kappa shape index (κ2) is 13.9. The van der Waals surface area contributed by atoms with Gasteiger partial charge in [0, 0.05) is 17.3 Å². The van der Waals surface area contributed by atoms with Gasteiger partial charge in [-0.3, -0.25) is 0 Å². The van der Waals surface area contributed by atoms with Gasteiger partial charge in [-0.2, -0.15) is 10.5 Å². The first-order chi connectivity index (χ1) is 22.0. The van der Waals surface area contributed by atoms with Crippen molar-refractivity contribution in [2.24, 2.45) is 0 Å². The van der Waals surface area contributed by atoms with E-state index in [9.17, 15) is 13.6 Å². The van der Waals surface area contributed by atoms with Crippen molar-refractivity contribution in [2.75, 3.05) is 0 Å². The third-order valence-corrected chi connectivity index (χ3v) is 9.48. The van der Waals surface area contributed by atoms with E-state index in [0.29, 0.717) is 5.56 Å². The van der Waals surface area contributed by atoms with Crippen molar-refractivity contribution in [1.29, 1.82) is 10.5 Å². The molecule has 0 spiro atoms. The standard InChI is InChI=1S/C24H22FN3O2S.C10H4BrFN2S/c1-24(2,3)30-23(29)28-20-10-8-16-17(20)5-4-6-18(16)21-13-27-22(31-21)14-7-9-19(25)15(11-14)12-26;11-9-5-14-10(15-9)6-1-2-8(12)7(3-6)4-13/h4-7,9,11,13,20H,8,10H2,1-3H3,(H,28,29);1-3,5H/t20-;/m0./s1. The van der Waals surface area contributed by atoms with Gasteiger partial charge in [0.1, 0.15) is 39.4 Å². The minimum Gasteiger partial charge on any atom is -0.444 e. The minimum atomic E-state index is -0.543. The van der Waals surface area contributed by atoms with Crippen molar-refractivity contribution in [3.8, 4) is 43.7 Å². The second-order valence-electron chi connectivity index (χ2n) is 11.2. The fourth-order valence-electron chi connectivity index (χ4n) is 4.89. The summed E-state index contributed by atoms with van der Waals surface area (Å²) in [6.45, 7) is 5.53. The number of hydrogen-bond donors (Lipinski definition) is 1. The number of halogens is 3. The van der Waals surface area contributed by atoms with Gasteiger partial charge in [0.2, 0.25) is 0 Å². The maximum absolute atomic E-state index is 13.6. The van der Waals surface area contributed by atoms with Crippen molar-refractivity contribution < 1.29 is 18.3 Å². The number of thiazole rings is 2. The van der Waals surface area contributed by atoms with E-state index < -0.39 is 23.3 Å². The van der Waals surface area contributed by atoms with E-state index in [0.717, 1.165) is 48.2 Å². The zero-order chi connectivity index (χ0) is 33.0. The summed E-state index contributed by atoms with van der Waals surface area (Å²) >= 11 is 6.23. The van der Waals surface area contributed by atoms with Crippen LogP contribution in [0, 0.1) is 34.3 Å². The van der Waals surface area contributed by atoms with Crippen molar-refractivity contribution in [3.05, 3.63) is 105 Å². The molecule has 7 nitrogen and oxygen atoms in total. The molecule has 1 amide bonds. The highest BCUT2D eigenvalue weighted by Gasteiger charge is 2.28. The topological polar surface area (TPSA) is 112 Å². The summed E-state index contributed by atoms with van der Waals surface area (Å²) in [5.74, 6) is -1.04. The van der Waals surface area contributed by atoms with Crippen molar-refractivity contribution in [2.45, 2.75) is 45.3 Å². The van der Waals surface area contributed by atoms with E-state index in [1.807, 2.05) is 39.0 Å². The molecule has 1 aliphatic carbocycles.